The Hall–Kier alpha value is -3.28. The summed E-state index contributed by atoms with van der Waals surface area (Å²) in [6.45, 7) is 2.31. The average molecular weight is 598 g/mol. The van der Waals surface area contributed by atoms with E-state index in [2.05, 4.69) is 26.5 Å². The summed E-state index contributed by atoms with van der Waals surface area (Å²) in [6.07, 6.45) is 1.37. The standard InChI is InChI=1S/C24H22BrClN2O7S/c1-4-34-20-10-5-16(13-21(20)32-2)24(29)28-27-14-15-11-19(25)23(22(12-15)33-3)35-36(30,31)18-8-6-17(26)7-9-18/h5-14H,4H2,1-3H3,(H,28,29)/b27-14+. The fourth-order valence-corrected chi connectivity index (χ4v) is 4.70. The first-order chi connectivity index (χ1) is 17.2. The predicted molar refractivity (Wildman–Crippen MR) is 139 cm³/mol. The molecule has 1 amide bonds. The lowest BCUT2D eigenvalue weighted by molar-refractivity contribution is 0.0954. The minimum atomic E-state index is -4.15. The molecule has 3 aromatic rings. The Kier molecular flexibility index (Phi) is 9.19. The number of nitrogens with zero attached hydrogens (tertiary/aromatic N) is 1. The highest BCUT2D eigenvalue weighted by Crippen LogP contribution is 2.38. The van der Waals surface area contributed by atoms with E-state index in [0.717, 1.165) is 0 Å². The second-order valence-corrected chi connectivity index (χ2v) is 9.86. The predicted octanol–water partition coefficient (Wildman–Crippen LogP) is 5.05. The second-order valence-electron chi connectivity index (χ2n) is 7.02. The highest BCUT2D eigenvalue weighted by atomic mass is 79.9. The van der Waals surface area contributed by atoms with Crippen LogP contribution in [0.1, 0.15) is 22.8 Å². The van der Waals surface area contributed by atoms with E-state index in [1.54, 1.807) is 24.3 Å². The summed E-state index contributed by atoms with van der Waals surface area (Å²) in [4.78, 5) is 12.4. The van der Waals surface area contributed by atoms with Crippen molar-refractivity contribution in [2.24, 2.45) is 5.10 Å². The third kappa shape index (κ3) is 6.68. The zero-order valence-electron chi connectivity index (χ0n) is 19.4. The molecule has 0 fully saturated rings. The van der Waals surface area contributed by atoms with Gasteiger partial charge in [-0.2, -0.15) is 13.5 Å². The number of carbonyl (C=O) groups is 1. The molecule has 0 saturated carbocycles. The Balaban J connectivity index is 1.76. The van der Waals surface area contributed by atoms with E-state index < -0.39 is 16.0 Å². The Morgan fingerprint density at radius 1 is 1.03 bits per heavy atom. The van der Waals surface area contributed by atoms with Crippen LogP contribution < -0.4 is 23.8 Å². The van der Waals surface area contributed by atoms with Crippen molar-refractivity contribution in [1.82, 2.24) is 5.43 Å². The molecule has 0 radical (unpaired) electrons. The summed E-state index contributed by atoms with van der Waals surface area (Å²) < 4.78 is 47.0. The Labute approximate surface area is 222 Å². The van der Waals surface area contributed by atoms with Crippen LogP contribution in [0.2, 0.25) is 5.02 Å². The fourth-order valence-electron chi connectivity index (χ4n) is 2.97. The van der Waals surface area contributed by atoms with Crippen LogP contribution in [0.4, 0.5) is 0 Å². The minimum Gasteiger partial charge on any atom is -0.493 e. The second kappa shape index (κ2) is 12.1. The van der Waals surface area contributed by atoms with E-state index in [0.29, 0.717) is 38.7 Å². The maximum Gasteiger partial charge on any atom is 0.339 e. The zero-order valence-corrected chi connectivity index (χ0v) is 22.6. The third-order valence-corrected chi connectivity index (χ3v) is 6.73. The van der Waals surface area contributed by atoms with Gasteiger partial charge in [0.05, 0.1) is 31.5 Å². The molecular weight excluding hydrogens is 576 g/mol. The van der Waals surface area contributed by atoms with Gasteiger partial charge in [0.1, 0.15) is 4.90 Å². The molecule has 0 aliphatic rings. The molecule has 0 aromatic heterocycles. The van der Waals surface area contributed by atoms with Crippen LogP contribution in [0, 0.1) is 0 Å². The monoisotopic (exact) mass is 596 g/mol. The largest absolute Gasteiger partial charge is 0.493 e. The summed E-state index contributed by atoms with van der Waals surface area (Å²) in [5.41, 5.74) is 3.25. The molecule has 0 heterocycles. The summed E-state index contributed by atoms with van der Waals surface area (Å²) >= 11 is 9.13. The molecule has 190 valence electrons. The third-order valence-electron chi connectivity index (χ3n) is 4.65. The molecule has 12 heteroatoms. The molecule has 0 aliphatic carbocycles. The number of nitrogens with one attached hydrogen (secondary N) is 1. The number of hydrogen-bond donors (Lipinski definition) is 1. The van der Waals surface area contributed by atoms with E-state index in [4.69, 9.17) is 30.0 Å². The highest BCUT2D eigenvalue weighted by Gasteiger charge is 2.22. The Bertz CT molecular complexity index is 1380. The summed E-state index contributed by atoms with van der Waals surface area (Å²) in [5, 5.41) is 4.36. The first kappa shape index (κ1) is 27.3. The number of rotatable bonds is 10. The van der Waals surface area contributed by atoms with Crippen molar-refractivity contribution >= 4 is 49.8 Å². The highest BCUT2D eigenvalue weighted by molar-refractivity contribution is 9.10. The number of halogens is 2. The lowest BCUT2D eigenvalue weighted by Crippen LogP contribution is -2.17. The van der Waals surface area contributed by atoms with Gasteiger partial charge in [-0.1, -0.05) is 11.6 Å². The zero-order chi connectivity index (χ0) is 26.3. The smallest absolute Gasteiger partial charge is 0.339 e. The maximum absolute atomic E-state index is 12.7. The van der Waals surface area contributed by atoms with Crippen molar-refractivity contribution in [2.45, 2.75) is 11.8 Å². The number of benzene rings is 3. The number of hydrazone groups is 1. The molecular formula is C24H22BrClN2O7S. The van der Waals surface area contributed by atoms with Gasteiger partial charge in [-0.05, 0) is 83.0 Å². The van der Waals surface area contributed by atoms with Crippen LogP contribution in [0.25, 0.3) is 0 Å². The van der Waals surface area contributed by atoms with Crippen molar-refractivity contribution in [3.8, 4) is 23.0 Å². The molecule has 0 unspecified atom stereocenters. The average Bonchev–Trinajstić information content (AvgIpc) is 2.86. The van der Waals surface area contributed by atoms with Crippen molar-refractivity contribution in [3.05, 3.63) is 75.2 Å². The van der Waals surface area contributed by atoms with E-state index in [1.807, 2.05) is 6.92 Å². The van der Waals surface area contributed by atoms with E-state index in [9.17, 15) is 13.2 Å². The number of ether oxygens (including phenoxy) is 3. The van der Waals surface area contributed by atoms with Crippen LogP contribution in [0.3, 0.4) is 0 Å². The SMILES string of the molecule is CCOc1ccc(C(=O)N/N=C/c2cc(Br)c(OS(=O)(=O)c3ccc(Cl)cc3)c(OC)c2)cc1OC. The molecule has 0 aliphatic heterocycles. The molecule has 9 nitrogen and oxygen atoms in total. The molecule has 0 spiro atoms. The summed E-state index contributed by atoms with van der Waals surface area (Å²) in [6, 6.07) is 13.4. The van der Waals surface area contributed by atoms with E-state index in [1.165, 1.54) is 50.8 Å². The van der Waals surface area contributed by atoms with Crippen molar-refractivity contribution in [3.63, 3.8) is 0 Å². The van der Waals surface area contributed by atoms with Gasteiger partial charge >= 0.3 is 10.1 Å². The van der Waals surface area contributed by atoms with E-state index in [-0.39, 0.29) is 16.4 Å². The van der Waals surface area contributed by atoms with Crippen LogP contribution in [0.15, 0.2) is 69.1 Å². The molecule has 0 bridgehead atoms. The lowest BCUT2D eigenvalue weighted by Gasteiger charge is -2.13. The van der Waals surface area contributed by atoms with Gasteiger partial charge in [-0.15, -0.1) is 0 Å². The van der Waals surface area contributed by atoms with E-state index >= 15 is 0 Å². The normalized spacial score (nSPS) is 11.2. The fraction of sp³-hybridized carbons (Fsp3) is 0.167. The van der Waals surface area contributed by atoms with Gasteiger partial charge in [-0.3, -0.25) is 4.79 Å². The van der Waals surface area contributed by atoms with Crippen molar-refractivity contribution < 1.29 is 31.6 Å². The van der Waals surface area contributed by atoms with Gasteiger partial charge in [0, 0.05) is 10.6 Å². The van der Waals surface area contributed by atoms with Crippen LogP contribution in [0.5, 0.6) is 23.0 Å². The summed E-state index contributed by atoms with van der Waals surface area (Å²) in [5.74, 6) is 0.567. The first-order valence-corrected chi connectivity index (χ1v) is 13.0. The quantitative estimate of drug-likeness (QED) is 0.198. The van der Waals surface area contributed by atoms with Crippen LogP contribution >= 0.6 is 27.5 Å². The lowest BCUT2D eigenvalue weighted by atomic mass is 10.2. The maximum atomic E-state index is 12.7. The van der Waals surface area contributed by atoms with Crippen molar-refractivity contribution in [2.75, 3.05) is 20.8 Å². The molecule has 36 heavy (non-hydrogen) atoms. The number of methoxy groups -OCH3 is 2. The molecule has 3 aromatic carbocycles. The Morgan fingerprint density at radius 3 is 2.36 bits per heavy atom. The van der Waals surface area contributed by atoms with Gasteiger partial charge in [0.15, 0.2) is 23.0 Å². The van der Waals surface area contributed by atoms with Gasteiger partial charge < -0.3 is 18.4 Å². The van der Waals surface area contributed by atoms with Crippen molar-refractivity contribution in [1.29, 1.82) is 0 Å². The van der Waals surface area contributed by atoms with Gasteiger partial charge in [0.25, 0.3) is 5.91 Å². The number of hydrogen-bond acceptors (Lipinski definition) is 8. The summed E-state index contributed by atoms with van der Waals surface area (Å²) in [7, 11) is -1.30. The first-order valence-electron chi connectivity index (χ1n) is 10.4. The molecule has 1 N–H and O–H groups in total. The Morgan fingerprint density at radius 2 is 1.72 bits per heavy atom. The van der Waals surface area contributed by atoms with Crippen LogP contribution in [-0.4, -0.2) is 41.4 Å². The molecule has 0 saturated heterocycles. The topological polar surface area (TPSA) is 113 Å². The van der Waals surface area contributed by atoms with Gasteiger partial charge in [0.2, 0.25) is 0 Å². The number of carbonyl (C=O) groups excluding carboxylic acids is 1. The molecule has 3 rings (SSSR count). The molecule has 0 atom stereocenters. The van der Waals surface area contributed by atoms with Gasteiger partial charge in [-0.25, -0.2) is 5.43 Å². The minimum absolute atomic E-state index is 0.0462. The number of amides is 1. The van der Waals surface area contributed by atoms with Crippen LogP contribution in [-0.2, 0) is 10.1 Å².